The van der Waals surface area contributed by atoms with Crippen LogP contribution >= 0.6 is 0 Å². The van der Waals surface area contributed by atoms with Crippen molar-refractivity contribution in [1.82, 2.24) is 25.2 Å². The number of rotatable bonds is 5. The van der Waals surface area contributed by atoms with Crippen LogP contribution in [0.4, 0.5) is 5.69 Å². The number of fused-ring (bicyclic) bond motifs is 1. The lowest BCUT2D eigenvalue weighted by molar-refractivity contribution is 0.355. The topological polar surface area (TPSA) is 81.6 Å². The summed E-state index contributed by atoms with van der Waals surface area (Å²) in [4.78, 5) is 24.2. The van der Waals surface area contributed by atoms with Crippen LogP contribution in [0.15, 0.2) is 40.7 Å². The van der Waals surface area contributed by atoms with E-state index in [0.29, 0.717) is 12.5 Å². The predicted octanol–water partition coefficient (Wildman–Crippen LogP) is 3.72. The van der Waals surface area contributed by atoms with Crippen LogP contribution in [0.2, 0.25) is 0 Å². The van der Waals surface area contributed by atoms with Crippen molar-refractivity contribution in [1.29, 1.82) is 0 Å². The second-order valence-electron chi connectivity index (χ2n) is 8.47. The van der Waals surface area contributed by atoms with E-state index < -0.39 is 0 Å². The number of pyridine rings is 2. The second-order valence-corrected chi connectivity index (χ2v) is 8.47. The Hall–Kier alpha value is -3.06. The summed E-state index contributed by atoms with van der Waals surface area (Å²) in [5.41, 5.74) is 6.42. The van der Waals surface area contributed by atoms with Gasteiger partial charge < -0.3 is 15.2 Å². The van der Waals surface area contributed by atoms with Gasteiger partial charge in [0.15, 0.2) is 0 Å². The first-order chi connectivity index (χ1) is 15.2. The molecular formula is C24H29N7. The van der Waals surface area contributed by atoms with Gasteiger partial charge in [0.25, 0.3) is 0 Å². The van der Waals surface area contributed by atoms with Crippen LogP contribution in [0, 0.1) is 6.92 Å². The highest BCUT2D eigenvalue weighted by Gasteiger charge is 2.28. The zero-order valence-corrected chi connectivity index (χ0v) is 18.1. The predicted molar refractivity (Wildman–Crippen MR) is 126 cm³/mol. The molecule has 4 heterocycles. The van der Waals surface area contributed by atoms with Crippen LogP contribution < -0.4 is 5.32 Å². The Labute approximate surface area is 182 Å². The van der Waals surface area contributed by atoms with E-state index in [1.54, 1.807) is 0 Å². The fourth-order valence-electron chi connectivity index (χ4n) is 4.58. The molecule has 0 radical (unpaired) electrons. The lowest BCUT2D eigenvalue weighted by Gasteiger charge is -2.34. The Morgan fingerprint density at radius 2 is 2.10 bits per heavy atom. The van der Waals surface area contributed by atoms with Gasteiger partial charge in [0.05, 0.1) is 18.4 Å². The molecule has 1 aliphatic heterocycles. The number of H-pyrrole nitrogens is 1. The monoisotopic (exact) mass is 415 g/mol. The molecule has 1 saturated carbocycles. The Morgan fingerprint density at radius 3 is 2.84 bits per heavy atom. The molecule has 5 rings (SSSR count). The molecule has 1 aliphatic carbocycles. The van der Waals surface area contributed by atoms with Crippen molar-refractivity contribution in [2.45, 2.75) is 38.6 Å². The van der Waals surface area contributed by atoms with Crippen molar-refractivity contribution in [3.8, 4) is 0 Å². The van der Waals surface area contributed by atoms with Gasteiger partial charge in [-0.25, -0.2) is 4.98 Å². The molecule has 3 aromatic rings. The summed E-state index contributed by atoms with van der Waals surface area (Å²) in [7, 11) is 0. The number of nitrogens with one attached hydrogen (secondary N) is 2. The minimum absolute atomic E-state index is 0.539. The molecule has 3 aromatic heterocycles. The number of aromatic nitrogens is 3. The summed E-state index contributed by atoms with van der Waals surface area (Å²) in [6, 6.07) is 4.22. The van der Waals surface area contributed by atoms with Crippen molar-refractivity contribution < 1.29 is 0 Å². The smallest absolute Gasteiger partial charge is 0.137 e. The number of amidine groups is 1. The summed E-state index contributed by atoms with van der Waals surface area (Å²) in [6.07, 6.45) is 9.39. The van der Waals surface area contributed by atoms with Crippen molar-refractivity contribution in [3.63, 3.8) is 0 Å². The Morgan fingerprint density at radius 1 is 1.26 bits per heavy atom. The molecular weight excluding hydrogens is 386 g/mol. The Kier molecular flexibility index (Phi) is 5.51. The summed E-state index contributed by atoms with van der Waals surface area (Å²) >= 11 is 0. The summed E-state index contributed by atoms with van der Waals surface area (Å²) in [5.74, 6) is 1.56. The van der Waals surface area contributed by atoms with Crippen LogP contribution in [0.5, 0.6) is 0 Å². The van der Waals surface area contributed by atoms with Gasteiger partial charge in [0.1, 0.15) is 11.5 Å². The highest BCUT2D eigenvalue weighted by molar-refractivity contribution is 6.04. The zero-order valence-electron chi connectivity index (χ0n) is 18.1. The minimum atomic E-state index is 0.539. The lowest BCUT2D eigenvalue weighted by Crippen LogP contribution is -2.47. The van der Waals surface area contributed by atoms with Gasteiger partial charge in [0.2, 0.25) is 0 Å². The third-order valence-corrected chi connectivity index (χ3v) is 6.47. The Bertz CT molecular complexity index is 1120. The molecule has 1 saturated heterocycles. The molecule has 0 amide bonds. The molecule has 2 fully saturated rings. The van der Waals surface area contributed by atoms with E-state index >= 15 is 0 Å². The van der Waals surface area contributed by atoms with E-state index in [1.807, 2.05) is 18.6 Å². The first-order valence-corrected chi connectivity index (χ1v) is 11.1. The molecule has 0 spiro atoms. The first-order valence-electron chi connectivity index (χ1n) is 11.1. The summed E-state index contributed by atoms with van der Waals surface area (Å²) in [5, 5.41) is 4.59. The molecule has 2 N–H and O–H groups in total. The van der Waals surface area contributed by atoms with Crippen LogP contribution in [0.1, 0.15) is 47.6 Å². The number of hydrogen-bond donors (Lipinski definition) is 2. The molecule has 7 nitrogen and oxygen atoms in total. The molecule has 7 heteroatoms. The maximum atomic E-state index is 5.21. The average Bonchev–Trinajstić information content (AvgIpc) is 3.15. The third kappa shape index (κ3) is 3.85. The minimum Gasteiger partial charge on any atom is -0.354 e. The highest BCUT2D eigenvalue weighted by Crippen LogP contribution is 2.40. The van der Waals surface area contributed by atoms with Crippen LogP contribution in [-0.4, -0.2) is 58.6 Å². The molecule has 160 valence electrons. The number of piperazine rings is 1. The fourth-order valence-corrected chi connectivity index (χ4v) is 4.58. The van der Waals surface area contributed by atoms with E-state index in [1.165, 1.54) is 30.4 Å². The Balaban J connectivity index is 1.60. The van der Waals surface area contributed by atoms with Crippen molar-refractivity contribution in [2.75, 3.05) is 26.2 Å². The molecule has 0 aromatic carbocycles. The average molecular weight is 416 g/mol. The van der Waals surface area contributed by atoms with Gasteiger partial charge in [-0.05, 0) is 55.7 Å². The van der Waals surface area contributed by atoms with Crippen molar-refractivity contribution in [2.24, 2.45) is 9.98 Å². The lowest BCUT2D eigenvalue weighted by atomic mass is 9.78. The number of aliphatic imine (C=N–C) groups is 2. The largest absolute Gasteiger partial charge is 0.354 e. The van der Waals surface area contributed by atoms with Gasteiger partial charge in [0, 0.05) is 55.2 Å². The standard InChI is InChI=1S/C24H29N7/c1-16-12-19-18(6-7-28-23(19)30-16)13-29-24(31-10-8-26-9-11-31)22-20(17-4-3-5-17)14-27-15-21(22)25-2/h6-7,12,14-15,17,26H,2-5,8-11,13H2,1H3,(H,28,30)/b29-24+. The number of hydrogen-bond acceptors (Lipinski definition) is 5. The van der Waals surface area contributed by atoms with Gasteiger partial charge in [-0.3, -0.25) is 15.0 Å². The summed E-state index contributed by atoms with van der Waals surface area (Å²) in [6.45, 7) is 10.3. The molecule has 0 unspecified atom stereocenters. The molecule has 0 atom stereocenters. The van der Waals surface area contributed by atoms with Gasteiger partial charge in [-0.15, -0.1) is 0 Å². The van der Waals surface area contributed by atoms with E-state index in [-0.39, 0.29) is 0 Å². The quantitative estimate of drug-likeness (QED) is 0.492. The number of aromatic amines is 1. The normalized spacial score (nSPS) is 17.7. The molecule has 0 bridgehead atoms. The molecule has 2 aliphatic rings. The van der Waals surface area contributed by atoms with E-state index in [9.17, 15) is 0 Å². The van der Waals surface area contributed by atoms with Crippen molar-refractivity contribution >= 4 is 29.3 Å². The first kappa shape index (κ1) is 19.9. The van der Waals surface area contributed by atoms with E-state index in [0.717, 1.165) is 60.0 Å². The van der Waals surface area contributed by atoms with Gasteiger partial charge >= 0.3 is 0 Å². The fraction of sp³-hybridized carbons (Fsp3) is 0.417. The van der Waals surface area contributed by atoms with E-state index in [4.69, 9.17) is 4.99 Å². The maximum Gasteiger partial charge on any atom is 0.137 e. The summed E-state index contributed by atoms with van der Waals surface area (Å²) < 4.78 is 0. The third-order valence-electron chi connectivity index (χ3n) is 6.47. The van der Waals surface area contributed by atoms with Crippen LogP contribution in [0.25, 0.3) is 11.0 Å². The van der Waals surface area contributed by atoms with Gasteiger partial charge in [-0.1, -0.05) is 6.42 Å². The maximum absolute atomic E-state index is 5.21. The van der Waals surface area contributed by atoms with Crippen LogP contribution in [-0.2, 0) is 6.54 Å². The second kappa shape index (κ2) is 8.59. The highest BCUT2D eigenvalue weighted by atomic mass is 15.2. The molecule has 31 heavy (non-hydrogen) atoms. The van der Waals surface area contributed by atoms with Gasteiger partial charge in [-0.2, -0.15) is 0 Å². The van der Waals surface area contributed by atoms with E-state index in [2.05, 4.69) is 55.9 Å². The number of nitrogens with zero attached hydrogens (tertiary/aromatic N) is 5. The SMILES string of the molecule is C=Nc1cncc(C2CCC2)c1/C(=N\Cc1ccnc2[nH]c(C)cc12)N1CCNCC1. The van der Waals surface area contributed by atoms with Crippen molar-refractivity contribution in [3.05, 3.63) is 53.1 Å². The zero-order chi connectivity index (χ0) is 21.2. The number of aryl methyl sites for hydroxylation is 1. The van der Waals surface area contributed by atoms with Crippen LogP contribution in [0.3, 0.4) is 0 Å².